The molecular formula is C34H46O12. The van der Waals surface area contributed by atoms with Gasteiger partial charge in [-0.25, -0.2) is 14.4 Å². The highest BCUT2D eigenvalue weighted by Crippen LogP contribution is 2.51. The van der Waals surface area contributed by atoms with Crippen LogP contribution in [-0.4, -0.2) is 86.2 Å². The number of aliphatic carboxylic acids is 2. The molecule has 0 saturated carbocycles. The Labute approximate surface area is 269 Å². The number of hydrogen-bond donors (Lipinski definition) is 4. The van der Waals surface area contributed by atoms with Crippen LogP contribution < -0.4 is 0 Å². The van der Waals surface area contributed by atoms with Gasteiger partial charge in [-0.15, -0.1) is 0 Å². The quantitative estimate of drug-likeness (QED) is 0.117. The molecule has 12 heteroatoms. The number of carbonyl (C=O) groups excluding carboxylic acids is 2. The van der Waals surface area contributed by atoms with E-state index >= 15 is 0 Å². The highest BCUT2D eigenvalue weighted by atomic mass is 16.8. The first-order valence-electron chi connectivity index (χ1n) is 15.6. The maximum atomic E-state index is 12.9. The van der Waals surface area contributed by atoms with E-state index in [9.17, 15) is 39.6 Å². The molecule has 2 aliphatic rings. The number of esters is 2. The Hall–Kier alpha value is -3.58. The van der Waals surface area contributed by atoms with Crippen LogP contribution in [0, 0.1) is 17.8 Å². The largest absolute Gasteiger partial charge is 0.479 e. The van der Waals surface area contributed by atoms with Gasteiger partial charge in [0.1, 0.15) is 18.3 Å². The molecule has 4 unspecified atom stereocenters. The fraction of sp³-hybridized carbons (Fsp3) is 0.588. The lowest BCUT2D eigenvalue weighted by molar-refractivity contribution is -0.353. The van der Waals surface area contributed by atoms with Gasteiger partial charge in [-0.05, 0) is 42.2 Å². The summed E-state index contributed by atoms with van der Waals surface area (Å²) >= 11 is 0. The van der Waals surface area contributed by atoms with Crippen LogP contribution in [0.4, 0.5) is 0 Å². The third-order valence-electron chi connectivity index (χ3n) is 8.81. The number of fused-ring (bicyclic) bond motifs is 2. The van der Waals surface area contributed by atoms with Crippen LogP contribution in [0.3, 0.4) is 0 Å². The molecule has 3 rings (SSSR count). The number of aliphatic hydroxyl groups is 2. The Morgan fingerprint density at radius 2 is 1.72 bits per heavy atom. The molecule has 4 N–H and O–H groups in total. The van der Waals surface area contributed by atoms with Crippen LogP contribution in [0.1, 0.15) is 65.9 Å². The molecule has 1 aromatic carbocycles. The molecule has 2 bridgehead atoms. The smallest absolute Gasteiger partial charge is 0.343 e. The molecule has 0 aliphatic carbocycles. The normalized spacial score (nSPS) is 29.8. The molecule has 0 amide bonds. The van der Waals surface area contributed by atoms with Crippen molar-refractivity contribution in [2.75, 3.05) is 0 Å². The predicted molar refractivity (Wildman–Crippen MR) is 164 cm³/mol. The molecule has 2 heterocycles. The van der Waals surface area contributed by atoms with E-state index in [1.807, 2.05) is 51.1 Å². The lowest BCUT2D eigenvalue weighted by Crippen LogP contribution is -2.67. The van der Waals surface area contributed by atoms with Crippen molar-refractivity contribution in [1.82, 2.24) is 0 Å². The summed E-state index contributed by atoms with van der Waals surface area (Å²) in [5, 5.41) is 42.6. The Morgan fingerprint density at radius 3 is 2.28 bits per heavy atom. The summed E-state index contributed by atoms with van der Waals surface area (Å²) < 4.78 is 22.4. The van der Waals surface area contributed by atoms with Gasteiger partial charge in [-0.3, -0.25) is 4.79 Å². The lowest BCUT2D eigenvalue weighted by atomic mass is 9.86. The third kappa shape index (κ3) is 8.03. The van der Waals surface area contributed by atoms with Crippen molar-refractivity contribution >= 4 is 23.9 Å². The van der Waals surface area contributed by atoms with E-state index in [2.05, 4.69) is 13.5 Å². The van der Waals surface area contributed by atoms with Crippen molar-refractivity contribution in [2.24, 2.45) is 17.8 Å². The molecule has 2 fully saturated rings. The average molecular weight is 647 g/mol. The summed E-state index contributed by atoms with van der Waals surface area (Å²) in [4.78, 5) is 49.8. The van der Waals surface area contributed by atoms with Gasteiger partial charge in [-0.2, -0.15) is 0 Å². The topological polar surface area (TPSA) is 186 Å². The number of aliphatic hydroxyl groups excluding tert-OH is 2. The van der Waals surface area contributed by atoms with Crippen molar-refractivity contribution in [2.45, 2.75) is 109 Å². The summed E-state index contributed by atoms with van der Waals surface area (Å²) in [6.07, 6.45) is -4.89. The number of hydrogen-bond acceptors (Lipinski definition) is 10. The first-order chi connectivity index (χ1) is 21.6. The van der Waals surface area contributed by atoms with Crippen molar-refractivity contribution in [3.63, 3.8) is 0 Å². The van der Waals surface area contributed by atoms with Crippen LogP contribution in [0.15, 0.2) is 54.6 Å². The van der Waals surface area contributed by atoms with Crippen molar-refractivity contribution in [3.8, 4) is 0 Å². The van der Waals surface area contributed by atoms with Crippen molar-refractivity contribution in [1.29, 1.82) is 0 Å². The molecule has 10 atom stereocenters. The van der Waals surface area contributed by atoms with E-state index < -0.39 is 65.8 Å². The van der Waals surface area contributed by atoms with Crippen LogP contribution in [0.2, 0.25) is 0 Å². The van der Waals surface area contributed by atoms with E-state index in [1.165, 1.54) is 6.92 Å². The summed E-state index contributed by atoms with van der Waals surface area (Å²) in [5.41, 5.74) is -1.52. The van der Waals surface area contributed by atoms with Crippen LogP contribution in [0.5, 0.6) is 0 Å². The lowest BCUT2D eigenvalue weighted by Gasteiger charge is -2.44. The second-order valence-corrected chi connectivity index (χ2v) is 12.6. The maximum Gasteiger partial charge on any atom is 0.343 e. The van der Waals surface area contributed by atoms with Crippen LogP contribution in [0.25, 0.3) is 0 Å². The number of carboxylic acid groups (broad SMARTS) is 2. The molecule has 254 valence electrons. The molecule has 0 spiro atoms. The van der Waals surface area contributed by atoms with E-state index in [0.29, 0.717) is 17.9 Å². The fourth-order valence-electron chi connectivity index (χ4n) is 6.22. The Balaban J connectivity index is 1.90. The van der Waals surface area contributed by atoms with Gasteiger partial charge >= 0.3 is 23.9 Å². The number of benzene rings is 1. The first-order valence-corrected chi connectivity index (χ1v) is 15.6. The van der Waals surface area contributed by atoms with Gasteiger partial charge < -0.3 is 39.4 Å². The van der Waals surface area contributed by atoms with Gasteiger partial charge in [0.15, 0.2) is 12.2 Å². The van der Waals surface area contributed by atoms with Crippen molar-refractivity contribution in [3.05, 3.63) is 60.2 Å². The Morgan fingerprint density at radius 1 is 1.07 bits per heavy atom. The summed E-state index contributed by atoms with van der Waals surface area (Å²) in [6.45, 7) is 13.2. The molecule has 2 saturated heterocycles. The minimum Gasteiger partial charge on any atom is -0.479 e. The van der Waals surface area contributed by atoms with Crippen molar-refractivity contribution < 1.29 is 58.6 Å². The molecular weight excluding hydrogens is 600 g/mol. The average Bonchev–Trinajstić information content (AvgIpc) is 3.20. The number of carbonyl (C=O) groups is 4. The molecule has 0 aromatic heterocycles. The van der Waals surface area contributed by atoms with Gasteiger partial charge in [0, 0.05) is 25.3 Å². The zero-order valence-electron chi connectivity index (χ0n) is 27.0. The molecule has 12 nitrogen and oxygen atoms in total. The zero-order valence-corrected chi connectivity index (χ0v) is 27.0. The van der Waals surface area contributed by atoms with E-state index in [4.69, 9.17) is 18.9 Å². The van der Waals surface area contributed by atoms with E-state index in [1.54, 1.807) is 6.08 Å². The monoisotopic (exact) mass is 646 g/mol. The van der Waals surface area contributed by atoms with Gasteiger partial charge in [0.05, 0.1) is 0 Å². The van der Waals surface area contributed by atoms with E-state index in [-0.39, 0.29) is 24.7 Å². The summed E-state index contributed by atoms with van der Waals surface area (Å²) in [7, 11) is 0. The van der Waals surface area contributed by atoms with Crippen LogP contribution >= 0.6 is 0 Å². The zero-order chi connectivity index (χ0) is 34.4. The second-order valence-electron chi connectivity index (χ2n) is 12.6. The maximum absolute atomic E-state index is 12.9. The Kier molecular flexibility index (Phi) is 12.3. The molecule has 46 heavy (non-hydrogen) atoms. The number of allylic oxidation sites excluding steroid dienone is 1. The fourth-order valence-corrected chi connectivity index (χ4v) is 6.22. The number of carboxylic acids is 2. The highest BCUT2D eigenvalue weighted by molar-refractivity contribution is 5.86. The van der Waals surface area contributed by atoms with Gasteiger partial charge in [0.25, 0.3) is 0 Å². The molecule has 0 radical (unpaired) electrons. The Bertz CT molecular complexity index is 1290. The summed E-state index contributed by atoms with van der Waals surface area (Å²) in [6, 6.07) is 9.48. The SMILES string of the molecule is C=C(CC[C@]12O[C@H](C(=O)O)[C@H](O)[C@](C(=O)O)(O1)[C@H](OC(=O)/C=C/C(C)CC(C)CC)[C@H]2O)C(OC(C)=O)C(C)Cc1ccccc1. The van der Waals surface area contributed by atoms with Gasteiger partial charge in [0.2, 0.25) is 11.4 Å². The van der Waals surface area contributed by atoms with Crippen LogP contribution in [-0.2, 0) is 44.5 Å². The number of ether oxygens (including phenoxy) is 4. The minimum atomic E-state index is -2.87. The first kappa shape index (κ1) is 36.9. The molecule has 1 aromatic rings. The predicted octanol–water partition coefficient (Wildman–Crippen LogP) is 3.43. The number of rotatable bonds is 16. The standard InChI is InChI=1S/C34H46O12/c1-7-19(2)17-20(3)13-14-25(36)44-30-29(38)33(45-27(31(39)40)28(37)34(30,46-33)32(41)42)16-15-21(4)26(43-23(6)35)22(5)18-24-11-9-8-10-12-24/h8-14,19-20,22,26-30,37-38H,4,7,15-18H2,1-3,5-6H3,(H,39,40)(H,41,42)/b14-13+/t19?,20?,22?,26?,27-,28-,29+,30+,33-,34-/m0/s1. The third-order valence-corrected chi connectivity index (χ3v) is 8.81. The highest BCUT2D eigenvalue weighted by Gasteiger charge is 2.77. The summed E-state index contributed by atoms with van der Waals surface area (Å²) in [5.74, 6) is -7.36. The van der Waals surface area contributed by atoms with E-state index in [0.717, 1.165) is 24.5 Å². The van der Waals surface area contributed by atoms with Gasteiger partial charge in [-0.1, -0.05) is 77.1 Å². The minimum absolute atomic E-state index is 0.0166. The second kappa shape index (κ2) is 15.3. The molecule has 2 aliphatic heterocycles.